The molecule has 0 fully saturated rings. The van der Waals surface area contributed by atoms with Crippen LogP contribution in [0.2, 0.25) is 0 Å². The normalized spacial score (nSPS) is 15.3. The van der Waals surface area contributed by atoms with Gasteiger partial charge in [-0.3, -0.25) is 9.69 Å². The summed E-state index contributed by atoms with van der Waals surface area (Å²) < 4.78 is 10.5. The van der Waals surface area contributed by atoms with Gasteiger partial charge in [0.15, 0.2) is 5.17 Å². The molecule has 0 radical (unpaired) electrons. The number of amides is 1. The molecule has 1 aliphatic rings. The Morgan fingerprint density at radius 1 is 1.07 bits per heavy atom. The first kappa shape index (κ1) is 20.0. The molecule has 0 N–H and O–H groups in total. The van der Waals surface area contributed by atoms with Crippen LogP contribution < -0.4 is 14.4 Å². The second-order valence-electron chi connectivity index (χ2n) is 6.74. The zero-order valence-corrected chi connectivity index (χ0v) is 17.3. The number of thioether (sulfide) groups is 1. The Kier molecular flexibility index (Phi) is 6.41. The predicted molar refractivity (Wildman–Crippen MR) is 116 cm³/mol. The molecule has 1 heterocycles. The lowest BCUT2D eigenvalue weighted by atomic mass is 10.2. The number of rotatable bonds is 6. The maximum atomic E-state index is 13.2. The van der Waals surface area contributed by atoms with E-state index in [4.69, 9.17) is 9.47 Å². The van der Waals surface area contributed by atoms with E-state index < -0.39 is 0 Å². The summed E-state index contributed by atoms with van der Waals surface area (Å²) in [6, 6.07) is 15.0. The van der Waals surface area contributed by atoms with E-state index in [1.165, 1.54) is 0 Å². The molecule has 0 aliphatic carbocycles. The highest BCUT2D eigenvalue weighted by atomic mass is 32.2. The van der Waals surface area contributed by atoms with Crippen LogP contribution in [-0.4, -0.2) is 31.0 Å². The molecule has 2 aromatic carbocycles. The van der Waals surface area contributed by atoms with Gasteiger partial charge in [0.2, 0.25) is 0 Å². The van der Waals surface area contributed by atoms with Crippen LogP contribution in [0.25, 0.3) is 6.08 Å². The molecule has 146 valence electrons. The number of methoxy groups -OCH3 is 2. The minimum atomic E-state index is -0.143. The predicted octanol–water partition coefficient (Wildman–Crippen LogP) is 4.84. The molecule has 1 amide bonds. The van der Waals surface area contributed by atoms with Gasteiger partial charge in [0.25, 0.3) is 5.91 Å². The maximum Gasteiger partial charge on any atom is 0.283 e. The molecule has 3 rings (SSSR count). The summed E-state index contributed by atoms with van der Waals surface area (Å²) in [5.41, 5.74) is 2.06. The van der Waals surface area contributed by atoms with Crippen molar-refractivity contribution in [2.24, 2.45) is 10.9 Å². The molecule has 0 atom stereocenters. The number of carbonyl (C=O) groups is 1. The third kappa shape index (κ3) is 4.57. The van der Waals surface area contributed by atoms with Crippen LogP contribution in [0.3, 0.4) is 0 Å². The van der Waals surface area contributed by atoms with E-state index in [0.29, 0.717) is 22.5 Å². The minimum Gasteiger partial charge on any atom is -0.497 e. The first-order valence-electron chi connectivity index (χ1n) is 9.07. The largest absolute Gasteiger partial charge is 0.497 e. The number of anilines is 1. The van der Waals surface area contributed by atoms with Crippen molar-refractivity contribution < 1.29 is 14.3 Å². The van der Waals surface area contributed by atoms with Gasteiger partial charge in [-0.1, -0.05) is 43.8 Å². The van der Waals surface area contributed by atoms with Gasteiger partial charge in [0.05, 0.1) is 19.9 Å². The van der Waals surface area contributed by atoms with Crippen LogP contribution in [0, 0.1) is 5.92 Å². The maximum absolute atomic E-state index is 13.2. The Hall–Kier alpha value is -2.73. The fourth-order valence-corrected chi connectivity index (χ4v) is 3.63. The number of amidine groups is 1. The van der Waals surface area contributed by atoms with Crippen LogP contribution in [0.1, 0.15) is 19.4 Å². The van der Waals surface area contributed by atoms with Gasteiger partial charge in [-0.25, -0.2) is 4.99 Å². The third-order valence-electron chi connectivity index (χ3n) is 4.11. The molecule has 0 aromatic heterocycles. The summed E-state index contributed by atoms with van der Waals surface area (Å²) in [4.78, 5) is 19.4. The summed E-state index contributed by atoms with van der Waals surface area (Å²) in [5.74, 6) is 2.70. The Bertz CT molecular complexity index is 904. The van der Waals surface area contributed by atoms with Crippen molar-refractivity contribution in [1.82, 2.24) is 0 Å². The summed E-state index contributed by atoms with van der Waals surface area (Å²) in [6.07, 6.45) is 1.80. The van der Waals surface area contributed by atoms with Crippen LogP contribution in [0.15, 0.2) is 59.2 Å². The average molecular weight is 397 g/mol. The molecule has 1 aliphatic heterocycles. The third-order valence-corrected chi connectivity index (χ3v) is 5.47. The van der Waals surface area contributed by atoms with Crippen LogP contribution in [-0.2, 0) is 4.79 Å². The fraction of sp³-hybridized carbons (Fsp3) is 0.273. The minimum absolute atomic E-state index is 0.143. The molecule has 0 bridgehead atoms. The summed E-state index contributed by atoms with van der Waals surface area (Å²) in [7, 11) is 3.24. The number of carbonyl (C=O) groups excluding carboxylic acids is 1. The molecule has 5 nitrogen and oxygen atoms in total. The van der Waals surface area contributed by atoms with E-state index in [1.807, 2.05) is 48.5 Å². The first-order valence-corrected chi connectivity index (χ1v) is 10.1. The van der Waals surface area contributed by atoms with Crippen molar-refractivity contribution in [2.45, 2.75) is 13.8 Å². The average Bonchev–Trinajstić information content (AvgIpc) is 3.02. The van der Waals surface area contributed by atoms with Crippen molar-refractivity contribution in [1.29, 1.82) is 0 Å². The molecular weight excluding hydrogens is 372 g/mol. The van der Waals surface area contributed by atoms with Gasteiger partial charge in [0.1, 0.15) is 17.2 Å². The topological polar surface area (TPSA) is 51.1 Å². The number of benzene rings is 2. The lowest BCUT2D eigenvalue weighted by molar-refractivity contribution is -0.113. The molecular formula is C22H24N2O3S. The van der Waals surface area contributed by atoms with E-state index in [0.717, 1.165) is 22.8 Å². The van der Waals surface area contributed by atoms with Crippen LogP contribution >= 0.6 is 11.8 Å². The van der Waals surface area contributed by atoms with Gasteiger partial charge in [-0.05, 0) is 41.8 Å². The summed E-state index contributed by atoms with van der Waals surface area (Å²) in [5, 5.41) is 0.687. The zero-order chi connectivity index (χ0) is 20.1. The van der Waals surface area contributed by atoms with E-state index in [-0.39, 0.29) is 5.91 Å². The van der Waals surface area contributed by atoms with Gasteiger partial charge in [-0.15, -0.1) is 0 Å². The number of hydrogen-bond acceptors (Lipinski definition) is 5. The smallest absolute Gasteiger partial charge is 0.283 e. The summed E-state index contributed by atoms with van der Waals surface area (Å²) >= 11 is 1.59. The molecule has 28 heavy (non-hydrogen) atoms. The van der Waals surface area contributed by atoms with Gasteiger partial charge < -0.3 is 9.47 Å². The highest BCUT2D eigenvalue weighted by Gasteiger charge is 2.32. The quantitative estimate of drug-likeness (QED) is 0.656. The molecule has 0 saturated heterocycles. The number of nitrogens with zero attached hydrogens (tertiary/aromatic N) is 2. The number of hydrogen-bond donors (Lipinski definition) is 0. The Labute approximate surface area is 170 Å². The highest BCUT2D eigenvalue weighted by Crippen LogP contribution is 2.32. The van der Waals surface area contributed by atoms with Gasteiger partial charge in [0, 0.05) is 11.8 Å². The Morgan fingerprint density at radius 3 is 2.43 bits per heavy atom. The van der Waals surface area contributed by atoms with Gasteiger partial charge >= 0.3 is 0 Å². The zero-order valence-electron chi connectivity index (χ0n) is 16.5. The van der Waals surface area contributed by atoms with Crippen molar-refractivity contribution >= 4 is 34.6 Å². The van der Waals surface area contributed by atoms with Gasteiger partial charge in [-0.2, -0.15) is 0 Å². The van der Waals surface area contributed by atoms with Crippen molar-refractivity contribution in [3.8, 4) is 11.5 Å². The Morgan fingerprint density at radius 2 is 1.79 bits per heavy atom. The molecule has 0 spiro atoms. The van der Waals surface area contributed by atoms with E-state index in [1.54, 1.807) is 37.0 Å². The van der Waals surface area contributed by atoms with Crippen molar-refractivity contribution in [3.05, 3.63) is 59.8 Å². The van der Waals surface area contributed by atoms with Crippen molar-refractivity contribution in [2.75, 3.05) is 24.9 Å². The molecule has 6 heteroatoms. The van der Waals surface area contributed by atoms with E-state index in [9.17, 15) is 4.79 Å². The summed E-state index contributed by atoms with van der Waals surface area (Å²) in [6.45, 7) is 4.29. The molecule has 0 saturated carbocycles. The van der Waals surface area contributed by atoms with Crippen LogP contribution in [0.5, 0.6) is 11.5 Å². The first-order chi connectivity index (χ1) is 13.5. The SMILES string of the molecule is COc1ccc(/C=C2/N=C(SCC(C)C)N(c3cccc(OC)c3)C2=O)cc1. The molecule has 2 aromatic rings. The van der Waals surface area contributed by atoms with Crippen molar-refractivity contribution in [3.63, 3.8) is 0 Å². The second-order valence-corrected chi connectivity index (χ2v) is 7.73. The molecule has 0 unspecified atom stereocenters. The lowest BCUT2D eigenvalue weighted by Gasteiger charge is -2.19. The Balaban J connectivity index is 1.95. The second kappa shape index (κ2) is 8.97. The van der Waals surface area contributed by atoms with Crippen LogP contribution in [0.4, 0.5) is 5.69 Å². The van der Waals surface area contributed by atoms with E-state index >= 15 is 0 Å². The fourth-order valence-electron chi connectivity index (χ4n) is 2.67. The number of ether oxygens (including phenoxy) is 2. The van der Waals surface area contributed by atoms with E-state index in [2.05, 4.69) is 18.8 Å². The standard InChI is InChI=1S/C22H24N2O3S/c1-15(2)14-28-22-23-20(12-16-8-10-18(26-3)11-9-16)21(25)24(22)17-6-5-7-19(13-17)27-4/h5-13,15H,14H2,1-4H3/b20-12+. The monoisotopic (exact) mass is 396 g/mol. The lowest BCUT2D eigenvalue weighted by Crippen LogP contribution is -2.30. The number of aliphatic imine (C=N–C) groups is 1. The highest BCUT2D eigenvalue weighted by molar-refractivity contribution is 8.14.